The van der Waals surface area contributed by atoms with Gasteiger partial charge in [-0.1, -0.05) is 48.0 Å². The molecule has 1 aromatic heterocycles. The van der Waals surface area contributed by atoms with Gasteiger partial charge >= 0.3 is 0 Å². The highest BCUT2D eigenvalue weighted by atomic mass is 32.1. The number of amides is 1. The SMILES string of the molecule is Cc1cc(C)c(C(=O)N2CCN(Cc3nc(-c4ccccc4)cs3)CC2)c(C)c1. The second-order valence-electron chi connectivity index (χ2n) is 7.83. The molecule has 1 fully saturated rings. The number of rotatable bonds is 4. The van der Waals surface area contributed by atoms with E-state index < -0.39 is 0 Å². The lowest BCUT2D eigenvalue weighted by molar-refractivity contribution is 0.0627. The third kappa shape index (κ3) is 4.41. The molecule has 1 aliphatic heterocycles. The number of nitrogens with zero attached hydrogens (tertiary/aromatic N) is 3. The molecule has 2 heterocycles. The third-order valence-electron chi connectivity index (χ3n) is 5.53. The minimum absolute atomic E-state index is 0.167. The van der Waals surface area contributed by atoms with Crippen LogP contribution < -0.4 is 0 Å². The van der Waals surface area contributed by atoms with Crippen molar-refractivity contribution in [2.75, 3.05) is 26.2 Å². The lowest BCUT2D eigenvalue weighted by Crippen LogP contribution is -2.48. The number of carbonyl (C=O) groups is 1. The van der Waals surface area contributed by atoms with E-state index >= 15 is 0 Å². The number of aryl methyl sites for hydroxylation is 3. The van der Waals surface area contributed by atoms with Gasteiger partial charge in [-0.05, 0) is 31.9 Å². The van der Waals surface area contributed by atoms with E-state index in [1.54, 1.807) is 11.3 Å². The van der Waals surface area contributed by atoms with Crippen molar-refractivity contribution in [3.63, 3.8) is 0 Å². The van der Waals surface area contributed by atoms with Gasteiger partial charge in [0.25, 0.3) is 5.91 Å². The molecule has 3 aromatic rings. The summed E-state index contributed by atoms with van der Waals surface area (Å²) in [7, 11) is 0. The van der Waals surface area contributed by atoms with E-state index in [1.165, 1.54) is 5.56 Å². The van der Waals surface area contributed by atoms with Crippen LogP contribution in [0.25, 0.3) is 11.3 Å². The number of piperazine rings is 1. The molecule has 1 aliphatic rings. The van der Waals surface area contributed by atoms with Crippen LogP contribution in [-0.2, 0) is 6.54 Å². The molecule has 4 rings (SSSR count). The Morgan fingerprint density at radius 2 is 1.66 bits per heavy atom. The number of benzene rings is 2. The van der Waals surface area contributed by atoms with Crippen LogP contribution in [0.5, 0.6) is 0 Å². The van der Waals surface area contributed by atoms with Crippen LogP contribution in [0.3, 0.4) is 0 Å². The molecule has 0 aliphatic carbocycles. The molecule has 0 radical (unpaired) electrons. The van der Waals surface area contributed by atoms with Crippen molar-refractivity contribution in [1.82, 2.24) is 14.8 Å². The van der Waals surface area contributed by atoms with Crippen molar-refractivity contribution in [2.24, 2.45) is 0 Å². The Bertz CT molecular complexity index is 981. The molecule has 0 spiro atoms. The lowest BCUT2D eigenvalue weighted by Gasteiger charge is -2.34. The van der Waals surface area contributed by atoms with E-state index in [0.29, 0.717) is 0 Å². The first kappa shape index (κ1) is 19.8. The summed E-state index contributed by atoms with van der Waals surface area (Å²) in [5.41, 5.74) is 6.44. The Morgan fingerprint density at radius 3 is 2.31 bits per heavy atom. The highest BCUT2D eigenvalue weighted by Gasteiger charge is 2.25. The average Bonchev–Trinajstić information content (AvgIpc) is 3.17. The van der Waals surface area contributed by atoms with Crippen molar-refractivity contribution in [1.29, 1.82) is 0 Å². The highest BCUT2D eigenvalue weighted by molar-refractivity contribution is 7.09. The van der Waals surface area contributed by atoms with Crippen LogP contribution in [0.4, 0.5) is 0 Å². The average molecular weight is 406 g/mol. The van der Waals surface area contributed by atoms with Gasteiger partial charge in [-0.15, -0.1) is 11.3 Å². The van der Waals surface area contributed by atoms with Gasteiger partial charge in [0.2, 0.25) is 0 Å². The van der Waals surface area contributed by atoms with Crippen molar-refractivity contribution < 1.29 is 4.79 Å². The molecule has 1 saturated heterocycles. The van der Waals surface area contributed by atoms with Gasteiger partial charge in [0.15, 0.2) is 0 Å². The van der Waals surface area contributed by atoms with E-state index in [1.807, 2.05) is 36.9 Å². The van der Waals surface area contributed by atoms with Crippen LogP contribution in [0.2, 0.25) is 0 Å². The van der Waals surface area contributed by atoms with Crippen LogP contribution in [0.15, 0.2) is 47.8 Å². The maximum Gasteiger partial charge on any atom is 0.254 e. The second-order valence-corrected chi connectivity index (χ2v) is 8.78. The van der Waals surface area contributed by atoms with Gasteiger partial charge in [0, 0.05) is 42.7 Å². The predicted molar refractivity (Wildman–Crippen MR) is 119 cm³/mol. The Kier molecular flexibility index (Phi) is 5.79. The van der Waals surface area contributed by atoms with Gasteiger partial charge in [0.1, 0.15) is 5.01 Å². The van der Waals surface area contributed by atoms with Gasteiger partial charge in [-0.3, -0.25) is 9.69 Å². The zero-order valence-electron chi connectivity index (χ0n) is 17.3. The smallest absolute Gasteiger partial charge is 0.254 e. The van der Waals surface area contributed by atoms with Crippen LogP contribution >= 0.6 is 11.3 Å². The maximum absolute atomic E-state index is 13.1. The van der Waals surface area contributed by atoms with Crippen molar-refractivity contribution in [3.05, 3.63) is 75.1 Å². The topological polar surface area (TPSA) is 36.4 Å². The van der Waals surface area contributed by atoms with Crippen molar-refractivity contribution in [2.45, 2.75) is 27.3 Å². The maximum atomic E-state index is 13.1. The zero-order valence-corrected chi connectivity index (χ0v) is 18.1. The molecule has 4 nitrogen and oxygen atoms in total. The Morgan fingerprint density at radius 1 is 1.00 bits per heavy atom. The first-order chi connectivity index (χ1) is 14.0. The number of hydrogen-bond donors (Lipinski definition) is 0. The van der Waals surface area contributed by atoms with Gasteiger partial charge in [0.05, 0.1) is 12.2 Å². The summed E-state index contributed by atoms with van der Waals surface area (Å²) >= 11 is 1.71. The van der Waals surface area contributed by atoms with Crippen molar-refractivity contribution in [3.8, 4) is 11.3 Å². The molecular weight excluding hydrogens is 378 g/mol. The minimum Gasteiger partial charge on any atom is -0.336 e. The summed E-state index contributed by atoms with van der Waals surface area (Å²) in [6.45, 7) is 10.3. The Labute approximate surface area is 176 Å². The summed E-state index contributed by atoms with van der Waals surface area (Å²) in [4.78, 5) is 22.3. The molecular formula is C24H27N3OS. The molecule has 2 aromatic carbocycles. The molecule has 0 unspecified atom stereocenters. The summed E-state index contributed by atoms with van der Waals surface area (Å²) in [5.74, 6) is 0.167. The number of carbonyl (C=O) groups excluding carboxylic acids is 1. The molecule has 0 saturated carbocycles. The summed E-state index contributed by atoms with van der Waals surface area (Å²) in [6, 6.07) is 14.5. The van der Waals surface area contributed by atoms with E-state index in [2.05, 4.69) is 41.5 Å². The summed E-state index contributed by atoms with van der Waals surface area (Å²) in [5, 5.41) is 3.27. The van der Waals surface area contributed by atoms with Crippen LogP contribution in [0, 0.1) is 20.8 Å². The highest BCUT2D eigenvalue weighted by Crippen LogP contribution is 2.23. The van der Waals surface area contributed by atoms with E-state index in [0.717, 1.165) is 65.7 Å². The molecule has 0 N–H and O–H groups in total. The normalized spacial score (nSPS) is 14.9. The monoisotopic (exact) mass is 405 g/mol. The first-order valence-corrected chi connectivity index (χ1v) is 11.0. The Hall–Kier alpha value is -2.50. The van der Waals surface area contributed by atoms with E-state index in [4.69, 9.17) is 4.98 Å². The molecule has 0 atom stereocenters. The number of thiazole rings is 1. The summed E-state index contributed by atoms with van der Waals surface area (Å²) in [6.07, 6.45) is 0. The molecule has 0 bridgehead atoms. The largest absolute Gasteiger partial charge is 0.336 e. The van der Waals surface area contributed by atoms with E-state index in [-0.39, 0.29) is 5.91 Å². The fraction of sp³-hybridized carbons (Fsp3) is 0.333. The van der Waals surface area contributed by atoms with Gasteiger partial charge in [-0.2, -0.15) is 0 Å². The van der Waals surface area contributed by atoms with Crippen molar-refractivity contribution >= 4 is 17.2 Å². The Balaban J connectivity index is 1.37. The fourth-order valence-electron chi connectivity index (χ4n) is 4.10. The second kappa shape index (κ2) is 8.47. The predicted octanol–water partition coefficient (Wildman–Crippen LogP) is 4.69. The zero-order chi connectivity index (χ0) is 20.4. The van der Waals surface area contributed by atoms with E-state index in [9.17, 15) is 4.79 Å². The molecule has 1 amide bonds. The first-order valence-electron chi connectivity index (χ1n) is 10.1. The van der Waals surface area contributed by atoms with Gasteiger partial charge in [-0.25, -0.2) is 4.98 Å². The summed E-state index contributed by atoms with van der Waals surface area (Å²) < 4.78 is 0. The van der Waals surface area contributed by atoms with Crippen LogP contribution in [0.1, 0.15) is 32.1 Å². The standard InChI is InChI=1S/C24H27N3OS/c1-17-13-18(2)23(19(3)14-17)24(28)27-11-9-26(10-12-27)15-22-25-21(16-29-22)20-7-5-4-6-8-20/h4-8,13-14,16H,9-12,15H2,1-3H3. The fourth-order valence-corrected chi connectivity index (χ4v) is 4.95. The minimum atomic E-state index is 0.167. The molecule has 5 heteroatoms. The van der Waals surface area contributed by atoms with Gasteiger partial charge < -0.3 is 4.90 Å². The van der Waals surface area contributed by atoms with Crippen LogP contribution in [-0.4, -0.2) is 46.9 Å². The quantitative estimate of drug-likeness (QED) is 0.632. The number of aromatic nitrogens is 1. The molecule has 150 valence electrons. The number of hydrogen-bond acceptors (Lipinski definition) is 4. The molecule has 29 heavy (non-hydrogen) atoms. The lowest BCUT2D eigenvalue weighted by atomic mass is 9.98. The third-order valence-corrected chi connectivity index (χ3v) is 6.36.